The summed E-state index contributed by atoms with van der Waals surface area (Å²) in [4.78, 5) is 20.4. The Morgan fingerprint density at radius 3 is 2.64 bits per heavy atom. The minimum absolute atomic E-state index is 0.0566. The zero-order chi connectivity index (χ0) is 16.3. The first-order valence-corrected chi connectivity index (χ1v) is 6.88. The van der Waals surface area contributed by atoms with Crippen LogP contribution in [0.1, 0.15) is 5.56 Å². The summed E-state index contributed by atoms with van der Waals surface area (Å²) in [6, 6.07) is 4.73. The molecule has 0 aliphatic rings. The Morgan fingerprint density at radius 2 is 2.09 bits per heavy atom. The fraction of sp³-hybridized carbons (Fsp3) is 0.231. The number of rotatable bonds is 5. The summed E-state index contributed by atoms with van der Waals surface area (Å²) in [6.45, 7) is 0.349. The van der Waals surface area contributed by atoms with E-state index in [0.717, 1.165) is 5.56 Å². The van der Waals surface area contributed by atoms with E-state index in [4.69, 9.17) is 27.9 Å². The number of aromatic nitrogens is 2. The molecule has 0 aliphatic heterocycles. The predicted molar refractivity (Wildman–Crippen MR) is 83.8 cm³/mol. The number of nitro groups is 1. The fourth-order valence-corrected chi connectivity index (χ4v) is 2.21. The van der Waals surface area contributed by atoms with E-state index in [0.29, 0.717) is 11.7 Å². The second-order valence-electron chi connectivity index (χ2n) is 4.42. The zero-order valence-corrected chi connectivity index (χ0v) is 13.3. The van der Waals surface area contributed by atoms with Crippen molar-refractivity contribution >= 4 is 34.7 Å². The monoisotopic (exact) mass is 342 g/mol. The van der Waals surface area contributed by atoms with E-state index < -0.39 is 4.92 Å². The Kier molecular flexibility index (Phi) is 4.99. The third-order valence-electron chi connectivity index (χ3n) is 2.88. The number of hydrogen-bond acceptors (Lipinski definition) is 6. The van der Waals surface area contributed by atoms with Gasteiger partial charge < -0.3 is 9.64 Å². The molecule has 0 atom stereocenters. The van der Waals surface area contributed by atoms with Crippen LogP contribution in [0.25, 0.3) is 0 Å². The first-order chi connectivity index (χ1) is 10.4. The van der Waals surface area contributed by atoms with E-state index in [9.17, 15) is 10.1 Å². The Bertz CT molecular complexity index is 694. The SMILES string of the molecule is COc1cc(Cl)nc(N(C)Cc2ccc(Cl)nc2)c1[N+](=O)[O-]. The van der Waals surface area contributed by atoms with Crippen molar-refractivity contribution in [2.45, 2.75) is 6.54 Å². The van der Waals surface area contributed by atoms with Gasteiger partial charge in [-0.2, -0.15) is 0 Å². The van der Waals surface area contributed by atoms with Crippen molar-refractivity contribution in [2.75, 3.05) is 19.1 Å². The van der Waals surface area contributed by atoms with Crippen molar-refractivity contribution in [2.24, 2.45) is 0 Å². The van der Waals surface area contributed by atoms with Gasteiger partial charge in [0.15, 0.2) is 0 Å². The first kappa shape index (κ1) is 16.3. The lowest BCUT2D eigenvalue weighted by Crippen LogP contribution is -2.19. The van der Waals surface area contributed by atoms with Gasteiger partial charge in [0.2, 0.25) is 11.6 Å². The lowest BCUT2D eigenvalue weighted by Gasteiger charge is -2.19. The van der Waals surface area contributed by atoms with Crippen LogP contribution in [-0.4, -0.2) is 29.0 Å². The van der Waals surface area contributed by atoms with E-state index >= 15 is 0 Å². The summed E-state index contributed by atoms with van der Waals surface area (Å²) in [5.41, 5.74) is 0.582. The van der Waals surface area contributed by atoms with Gasteiger partial charge in [0, 0.05) is 25.9 Å². The number of methoxy groups -OCH3 is 1. The maximum absolute atomic E-state index is 11.3. The van der Waals surface area contributed by atoms with Crippen molar-refractivity contribution in [1.82, 2.24) is 9.97 Å². The minimum Gasteiger partial charge on any atom is -0.490 e. The van der Waals surface area contributed by atoms with Crippen LogP contribution in [0.5, 0.6) is 5.75 Å². The number of pyridine rings is 2. The van der Waals surface area contributed by atoms with Gasteiger partial charge in [-0.15, -0.1) is 0 Å². The molecule has 0 saturated carbocycles. The molecule has 2 rings (SSSR count). The molecule has 2 aromatic heterocycles. The van der Waals surface area contributed by atoms with Crippen LogP contribution < -0.4 is 9.64 Å². The summed E-state index contributed by atoms with van der Waals surface area (Å²) in [5, 5.41) is 11.8. The van der Waals surface area contributed by atoms with Gasteiger partial charge in [0.1, 0.15) is 10.3 Å². The van der Waals surface area contributed by atoms with Crippen LogP contribution in [-0.2, 0) is 6.54 Å². The molecule has 7 nitrogen and oxygen atoms in total. The smallest absolute Gasteiger partial charge is 0.353 e. The third kappa shape index (κ3) is 3.55. The number of halogens is 2. The summed E-state index contributed by atoms with van der Waals surface area (Å²) >= 11 is 11.6. The topological polar surface area (TPSA) is 81.4 Å². The van der Waals surface area contributed by atoms with Crippen molar-refractivity contribution in [3.8, 4) is 5.75 Å². The van der Waals surface area contributed by atoms with Crippen molar-refractivity contribution in [3.63, 3.8) is 0 Å². The average Bonchev–Trinajstić information content (AvgIpc) is 2.48. The molecule has 9 heteroatoms. The first-order valence-electron chi connectivity index (χ1n) is 6.13. The van der Waals surface area contributed by atoms with E-state index in [1.807, 2.05) is 0 Å². The molecule has 0 N–H and O–H groups in total. The summed E-state index contributed by atoms with van der Waals surface area (Å²) in [6.07, 6.45) is 1.59. The molecule has 0 fully saturated rings. The van der Waals surface area contributed by atoms with Crippen molar-refractivity contribution in [3.05, 3.63) is 50.4 Å². The second-order valence-corrected chi connectivity index (χ2v) is 5.20. The molecule has 0 amide bonds. The Labute approximate surface area is 136 Å². The molecule has 116 valence electrons. The molecule has 0 bridgehead atoms. The molecule has 2 aromatic rings. The quantitative estimate of drug-likeness (QED) is 0.470. The second kappa shape index (κ2) is 6.76. The van der Waals surface area contributed by atoms with Gasteiger partial charge in [-0.25, -0.2) is 9.97 Å². The highest BCUT2D eigenvalue weighted by atomic mass is 35.5. The molecule has 0 saturated heterocycles. The van der Waals surface area contributed by atoms with Crippen LogP contribution >= 0.6 is 23.2 Å². The predicted octanol–water partition coefficient (Wildman–Crippen LogP) is 3.34. The lowest BCUT2D eigenvalue weighted by atomic mass is 10.2. The van der Waals surface area contributed by atoms with Gasteiger partial charge in [-0.1, -0.05) is 29.3 Å². The van der Waals surface area contributed by atoms with Crippen LogP contribution in [0.15, 0.2) is 24.4 Å². The Morgan fingerprint density at radius 1 is 1.36 bits per heavy atom. The molecule has 0 aromatic carbocycles. The third-order valence-corrected chi connectivity index (χ3v) is 3.30. The van der Waals surface area contributed by atoms with Crippen molar-refractivity contribution in [1.29, 1.82) is 0 Å². The molecule has 0 radical (unpaired) electrons. The van der Waals surface area contributed by atoms with Crippen LogP contribution in [0.3, 0.4) is 0 Å². The van der Waals surface area contributed by atoms with Crippen LogP contribution in [0.2, 0.25) is 10.3 Å². The number of anilines is 1. The molecular weight excluding hydrogens is 331 g/mol. The van der Waals surface area contributed by atoms with Gasteiger partial charge in [-0.05, 0) is 11.6 Å². The molecule has 0 unspecified atom stereocenters. The van der Waals surface area contributed by atoms with Gasteiger partial charge in [0.25, 0.3) is 0 Å². The van der Waals surface area contributed by atoms with Gasteiger partial charge >= 0.3 is 5.69 Å². The molecule has 22 heavy (non-hydrogen) atoms. The summed E-state index contributed by atoms with van der Waals surface area (Å²) < 4.78 is 5.02. The maximum atomic E-state index is 11.3. The Hall–Kier alpha value is -2.12. The Balaban J connectivity index is 2.39. The minimum atomic E-state index is -0.548. The lowest BCUT2D eigenvalue weighted by molar-refractivity contribution is -0.385. The average molecular weight is 343 g/mol. The van der Waals surface area contributed by atoms with Crippen LogP contribution in [0.4, 0.5) is 11.5 Å². The number of nitrogens with zero attached hydrogens (tertiary/aromatic N) is 4. The van der Waals surface area contributed by atoms with Crippen LogP contribution in [0, 0.1) is 10.1 Å². The number of ether oxygens (including phenoxy) is 1. The highest BCUT2D eigenvalue weighted by Gasteiger charge is 2.26. The fourth-order valence-electron chi connectivity index (χ4n) is 1.92. The van der Waals surface area contributed by atoms with Gasteiger partial charge in [0.05, 0.1) is 12.0 Å². The highest BCUT2D eigenvalue weighted by molar-refractivity contribution is 6.30. The van der Waals surface area contributed by atoms with E-state index in [1.54, 1.807) is 30.3 Å². The maximum Gasteiger partial charge on any atom is 0.353 e. The molecule has 0 aliphatic carbocycles. The molecule has 0 spiro atoms. The van der Waals surface area contributed by atoms with E-state index in [-0.39, 0.29) is 22.4 Å². The normalized spacial score (nSPS) is 10.4. The summed E-state index contributed by atoms with van der Waals surface area (Å²) in [7, 11) is 3.01. The largest absolute Gasteiger partial charge is 0.490 e. The standard InChI is InChI=1S/C13H12Cl2N4O3/c1-18(7-8-3-4-10(14)16-6-8)13-12(19(20)21)9(22-2)5-11(15)17-13/h3-6H,7H2,1-2H3. The number of hydrogen-bond donors (Lipinski definition) is 0. The van der Waals surface area contributed by atoms with E-state index in [1.165, 1.54) is 13.2 Å². The molecular formula is C13H12Cl2N4O3. The zero-order valence-electron chi connectivity index (χ0n) is 11.8. The van der Waals surface area contributed by atoms with E-state index in [2.05, 4.69) is 9.97 Å². The van der Waals surface area contributed by atoms with Gasteiger partial charge in [-0.3, -0.25) is 10.1 Å². The molecule has 2 heterocycles. The highest BCUT2D eigenvalue weighted by Crippen LogP contribution is 2.37. The summed E-state index contributed by atoms with van der Waals surface area (Å²) in [5.74, 6) is 0.172. The van der Waals surface area contributed by atoms with Crippen molar-refractivity contribution < 1.29 is 9.66 Å².